The van der Waals surface area contributed by atoms with Gasteiger partial charge in [-0.2, -0.15) is 0 Å². The number of morpholine rings is 1. The summed E-state index contributed by atoms with van der Waals surface area (Å²) in [6.45, 7) is 5.83. The third kappa shape index (κ3) is 4.10. The summed E-state index contributed by atoms with van der Waals surface area (Å²) < 4.78 is 5.38. The summed E-state index contributed by atoms with van der Waals surface area (Å²) >= 11 is 1.40. The Labute approximate surface area is 178 Å². The highest BCUT2D eigenvalue weighted by molar-refractivity contribution is 7.20. The molecule has 2 amide bonds. The number of nitrogens with zero attached hydrogens (tertiary/aromatic N) is 3. The number of nitrogens with one attached hydrogen (secondary N) is 1. The monoisotopic (exact) mass is 422 g/mol. The molecule has 3 heterocycles. The van der Waals surface area contributed by atoms with Crippen LogP contribution in [0.15, 0.2) is 42.7 Å². The molecule has 1 aliphatic rings. The quantitative estimate of drug-likeness (QED) is 0.695. The molecule has 0 spiro atoms. The normalized spacial score (nSPS) is 13.9. The van der Waals surface area contributed by atoms with Crippen LogP contribution in [0.1, 0.15) is 32.1 Å². The highest BCUT2D eigenvalue weighted by Crippen LogP contribution is 2.40. The van der Waals surface area contributed by atoms with Crippen LogP contribution in [0.3, 0.4) is 0 Å². The zero-order chi connectivity index (χ0) is 21.1. The lowest BCUT2D eigenvalue weighted by Crippen LogP contribution is -2.41. The van der Waals surface area contributed by atoms with E-state index in [1.165, 1.54) is 17.5 Å². The second kappa shape index (κ2) is 8.73. The van der Waals surface area contributed by atoms with Crippen molar-refractivity contribution in [3.63, 3.8) is 0 Å². The number of ether oxygens (including phenoxy) is 1. The number of anilines is 1. The van der Waals surface area contributed by atoms with Gasteiger partial charge in [-0.1, -0.05) is 30.3 Å². The predicted octanol–water partition coefficient (Wildman–Crippen LogP) is 3.55. The van der Waals surface area contributed by atoms with Crippen molar-refractivity contribution < 1.29 is 14.3 Å². The molecule has 0 atom stereocenters. The zero-order valence-electron chi connectivity index (χ0n) is 16.8. The summed E-state index contributed by atoms with van der Waals surface area (Å²) in [7, 11) is 0. The van der Waals surface area contributed by atoms with E-state index in [0.717, 1.165) is 21.7 Å². The van der Waals surface area contributed by atoms with E-state index >= 15 is 0 Å². The van der Waals surface area contributed by atoms with Crippen molar-refractivity contribution in [3.8, 4) is 10.4 Å². The molecule has 2 aromatic heterocycles. The topological polar surface area (TPSA) is 84.4 Å². The van der Waals surface area contributed by atoms with Crippen LogP contribution in [0.25, 0.3) is 10.4 Å². The van der Waals surface area contributed by atoms with Gasteiger partial charge in [-0.25, -0.2) is 4.98 Å². The number of hydrogen-bond acceptors (Lipinski definition) is 6. The van der Waals surface area contributed by atoms with Crippen LogP contribution in [-0.2, 0) is 4.74 Å². The number of rotatable bonds is 4. The number of aryl methyl sites for hydroxylation is 1. The maximum Gasteiger partial charge on any atom is 0.276 e. The van der Waals surface area contributed by atoms with Gasteiger partial charge in [0.25, 0.3) is 11.8 Å². The van der Waals surface area contributed by atoms with Crippen molar-refractivity contribution in [1.82, 2.24) is 14.9 Å². The van der Waals surface area contributed by atoms with Crippen LogP contribution in [-0.4, -0.2) is 53.0 Å². The van der Waals surface area contributed by atoms with Gasteiger partial charge >= 0.3 is 0 Å². The van der Waals surface area contributed by atoms with Crippen molar-refractivity contribution in [3.05, 3.63) is 65.2 Å². The van der Waals surface area contributed by atoms with Crippen LogP contribution in [0.2, 0.25) is 0 Å². The van der Waals surface area contributed by atoms with Crippen molar-refractivity contribution in [2.24, 2.45) is 0 Å². The van der Waals surface area contributed by atoms with Gasteiger partial charge < -0.3 is 15.0 Å². The molecular weight excluding hydrogens is 400 g/mol. The summed E-state index contributed by atoms with van der Waals surface area (Å²) in [5.74, 6) is -0.487. The fourth-order valence-corrected chi connectivity index (χ4v) is 4.52. The smallest absolute Gasteiger partial charge is 0.276 e. The molecule has 1 aliphatic heterocycles. The van der Waals surface area contributed by atoms with Crippen LogP contribution >= 0.6 is 11.3 Å². The lowest BCUT2D eigenvalue weighted by Gasteiger charge is -2.27. The van der Waals surface area contributed by atoms with Crippen molar-refractivity contribution in [1.29, 1.82) is 0 Å². The largest absolute Gasteiger partial charge is 0.378 e. The third-order valence-electron chi connectivity index (χ3n) is 4.94. The molecule has 0 saturated carbocycles. The highest BCUT2D eigenvalue weighted by Gasteiger charge is 2.28. The molecule has 0 aliphatic carbocycles. The summed E-state index contributed by atoms with van der Waals surface area (Å²) in [6, 6.07) is 9.86. The molecule has 0 unspecified atom stereocenters. The number of carbonyl (C=O) groups is 2. The summed E-state index contributed by atoms with van der Waals surface area (Å²) in [6.07, 6.45) is 2.98. The maximum atomic E-state index is 13.3. The first-order chi connectivity index (χ1) is 14.5. The van der Waals surface area contributed by atoms with Crippen molar-refractivity contribution in [2.75, 3.05) is 31.6 Å². The van der Waals surface area contributed by atoms with E-state index in [-0.39, 0.29) is 17.5 Å². The van der Waals surface area contributed by atoms with E-state index in [0.29, 0.717) is 36.9 Å². The Bertz CT molecular complexity index is 1060. The highest BCUT2D eigenvalue weighted by atomic mass is 32.1. The molecule has 7 nitrogen and oxygen atoms in total. The average molecular weight is 423 g/mol. The third-order valence-corrected chi connectivity index (χ3v) is 6.19. The molecule has 1 saturated heterocycles. The number of aromatic nitrogens is 2. The number of thiophene rings is 1. The van der Waals surface area contributed by atoms with Crippen LogP contribution in [0, 0.1) is 13.8 Å². The fraction of sp³-hybridized carbons (Fsp3) is 0.273. The van der Waals surface area contributed by atoms with Crippen LogP contribution < -0.4 is 5.32 Å². The first kappa shape index (κ1) is 20.2. The van der Waals surface area contributed by atoms with Gasteiger partial charge in [-0.3, -0.25) is 14.6 Å². The molecule has 1 aromatic carbocycles. The molecule has 154 valence electrons. The molecule has 1 fully saturated rings. The number of carbonyl (C=O) groups excluding carboxylic acids is 2. The Morgan fingerprint density at radius 1 is 1.07 bits per heavy atom. The van der Waals surface area contributed by atoms with Gasteiger partial charge in [0.2, 0.25) is 0 Å². The molecule has 1 N–H and O–H groups in total. The minimum Gasteiger partial charge on any atom is -0.378 e. The van der Waals surface area contributed by atoms with Gasteiger partial charge in [-0.15, -0.1) is 11.3 Å². The average Bonchev–Trinajstić information content (AvgIpc) is 3.10. The van der Waals surface area contributed by atoms with Crippen LogP contribution in [0.4, 0.5) is 5.00 Å². The standard InChI is InChI=1S/C22H22N4O3S/c1-14-12-24-17(13-23-14)20(27)25-21-18(22(28)26-8-10-29-11-9-26)15(2)19(30-21)16-6-4-3-5-7-16/h3-7,12-13H,8-11H2,1-2H3,(H,25,27). The second-order valence-electron chi connectivity index (χ2n) is 7.03. The van der Waals surface area contributed by atoms with E-state index in [4.69, 9.17) is 4.74 Å². The molecule has 30 heavy (non-hydrogen) atoms. The van der Waals surface area contributed by atoms with Gasteiger partial charge in [0.1, 0.15) is 10.7 Å². The lowest BCUT2D eigenvalue weighted by molar-refractivity contribution is 0.0303. The summed E-state index contributed by atoms with van der Waals surface area (Å²) in [4.78, 5) is 37.1. The van der Waals surface area contributed by atoms with E-state index in [1.807, 2.05) is 44.2 Å². The maximum absolute atomic E-state index is 13.3. The van der Waals surface area contributed by atoms with E-state index in [9.17, 15) is 9.59 Å². The van der Waals surface area contributed by atoms with Gasteiger partial charge in [0.05, 0.1) is 30.7 Å². The van der Waals surface area contributed by atoms with Crippen molar-refractivity contribution >= 4 is 28.2 Å². The molecule has 8 heteroatoms. The Hall–Kier alpha value is -3.10. The van der Waals surface area contributed by atoms with E-state index < -0.39 is 0 Å². The van der Waals surface area contributed by atoms with Crippen molar-refractivity contribution in [2.45, 2.75) is 13.8 Å². The number of amides is 2. The zero-order valence-corrected chi connectivity index (χ0v) is 17.7. The fourth-order valence-electron chi connectivity index (χ4n) is 3.33. The second-order valence-corrected chi connectivity index (χ2v) is 8.05. The summed E-state index contributed by atoms with van der Waals surface area (Å²) in [5, 5.41) is 3.42. The Balaban J connectivity index is 1.72. The number of hydrogen-bond donors (Lipinski definition) is 1. The first-order valence-corrected chi connectivity index (χ1v) is 10.5. The summed E-state index contributed by atoms with van der Waals surface area (Å²) in [5.41, 5.74) is 3.32. The molecule has 0 radical (unpaired) electrons. The van der Waals surface area contributed by atoms with E-state index in [2.05, 4.69) is 15.3 Å². The molecule has 3 aromatic rings. The van der Waals surface area contributed by atoms with E-state index in [1.54, 1.807) is 11.1 Å². The predicted molar refractivity (Wildman–Crippen MR) is 116 cm³/mol. The van der Waals surface area contributed by atoms with Gasteiger partial charge in [0.15, 0.2) is 0 Å². The van der Waals surface area contributed by atoms with Gasteiger partial charge in [0, 0.05) is 24.2 Å². The lowest BCUT2D eigenvalue weighted by atomic mass is 10.1. The van der Waals surface area contributed by atoms with Gasteiger partial charge in [-0.05, 0) is 25.0 Å². The van der Waals surface area contributed by atoms with Crippen LogP contribution in [0.5, 0.6) is 0 Å². The SMILES string of the molecule is Cc1cnc(C(=O)Nc2sc(-c3ccccc3)c(C)c2C(=O)N2CCOCC2)cn1. The Morgan fingerprint density at radius 3 is 2.47 bits per heavy atom. The molecule has 4 rings (SSSR count). The Kier molecular flexibility index (Phi) is 5.87. The first-order valence-electron chi connectivity index (χ1n) is 9.70. The minimum absolute atomic E-state index is 0.0977. The Morgan fingerprint density at radius 2 is 1.80 bits per heavy atom. The molecular formula is C22H22N4O3S. The molecule has 0 bridgehead atoms. The number of benzene rings is 1. The minimum atomic E-state index is -0.389.